The number of hydrogen-bond donors (Lipinski definition) is 3. The largest absolute Gasteiger partial charge is 0.365 e. The second-order valence-electron chi connectivity index (χ2n) is 6.13. The zero-order chi connectivity index (χ0) is 19.4. The fraction of sp³-hybridized carbons (Fsp3) is 0.158. The minimum atomic E-state index is -0.616. The van der Waals surface area contributed by atoms with Gasteiger partial charge in [-0.15, -0.1) is 0 Å². The molecule has 0 aliphatic carbocycles. The summed E-state index contributed by atoms with van der Waals surface area (Å²) in [5.41, 5.74) is 7.21. The summed E-state index contributed by atoms with van der Waals surface area (Å²) in [6.45, 7) is 1.80. The van der Waals surface area contributed by atoms with Gasteiger partial charge in [0.2, 0.25) is 0 Å². The number of primary amides is 1. The monoisotopic (exact) mass is 364 g/mol. The first-order chi connectivity index (χ1) is 13.0. The molecule has 8 nitrogen and oxygen atoms in total. The number of fused-ring (bicyclic) bond motifs is 1. The van der Waals surface area contributed by atoms with Crippen molar-refractivity contribution < 1.29 is 9.59 Å². The highest BCUT2D eigenvalue weighted by molar-refractivity contribution is 5.98. The third-order valence-corrected chi connectivity index (χ3v) is 4.18. The molecule has 5 N–H and O–H groups in total. The highest BCUT2D eigenvalue weighted by atomic mass is 16.1. The molecule has 3 rings (SSSR count). The van der Waals surface area contributed by atoms with Crippen LogP contribution in [0.15, 0.2) is 48.7 Å². The number of carbonyl (C=O) groups excluding carboxylic acids is 2. The Labute approximate surface area is 156 Å². The summed E-state index contributed by atoms with van der Waals surface area (Å²) < 4.78 is 0. The first kappa shape index (κ1) is 18.3. The Morgan fingerprint density at radius 3 is 2.81 bits per heavy atom. The number of amides is 1. The molecule has 0 radical (unpaired) electrons. The van der Waals surface area contributed by atoms with Gasteiger partial charge in [-0.05, 0) is 31.2 Å². The summed E-state index contributed by atoms with van der Waals surface area (Å²) in [7, 11) is 0. The molecule has 0 bridgehead atoms. The molecule has 0 unspecified atom stereocenters. The van der Waals surface area contributed by atoms with Crippen LogP contribution in [-0.4, -0.2) is 28.2 Å². The molecule has 2 aromatic heterocycles. The van der Waals surface area contributed by atoms with Crippen molar-refractivity contribution in [2.45, 2.75) is 19.4 Å². The second kappa shape index (κ2) is 7.79. The van der Waals surface area contributed by atoms with Gasteiger partial charge in [0.05, 0.1) is 29.0 Å². The van der Waals surface area contributed by atoms with Gasteiger partial charge in [0.1, 0.15) is 17.9 Å². The van der Waals surface area contributed by atoms with Crippen LogP contribution in [0.25, 0.3) is 10.9 Å². The number of nitrogens with one attached hydrogen (secondary N) is 1. The van der Waals surface area contributed by atoms with Gasteiger partial charge in [0, 0.05) is 11.8 Å². The zero-order valence-corrected chi connectivity index (χ0v) is 14.8. The predicted octanol–water partition coefficient (Wildman–Crippen LogP) is 2.13. The Hall–Kier alpha value is -3.52. The number of aromatic nitrogens is 2. The Morgan fingerprint density at radius 2 is 2.07 bits per heavy atom. The predicted molar refractivity (Wildman–Crippen MR) is 105 cm³/mol. The van der Waals surface area contributed by atoms with E-state index in [9.17, 15) is 9.59 Å². The lowest BCUT2D eigenvalue weighted by atomic mass is 10.2. The SMILES string of the molecule is C[C@H](CC=O)N(N)c1ccc(C(N)=O)c(Nc2cnc3ccccc3c2)n1. The number of pyridine rings is 2. The highest BCUT2D eigenvalue weighted by Crippen LogP contribution is 2.24. The number of hydrogen-bond acceptors (Lipinski definition) is 7. The van der Waals surface area contributed by atoms with Gasteiger partial charge in [-0.2, -0.15) is 0 Å². The maximum Gasteiger partial charge on any atom is 0.252 e. The third kappa shape index (κ3) is 4.01. The summed E-state index contributed by atoms with van der Waals surface area (Å²) in [6, 6.07) is 12.5. The molecule has 3 aromatic rings. The van der Waals surface area contributed by atoms with Crippen LogP contribution in [0.1, 0.15) is 23.7 Å². The van der Waals surface area contributed by atoms with Crippen LogP contribution in [0.3, 0.4) is 0 Å². The average molecular weight is 364 g/mol. The van der Waals surface area contributed by atoms with Gasteiger partial charge < -0.3 is 15.8 Å². The van der Waals surface area contributed by atoms with E-state index in [2.05, 4.69) is 15.3 Å². The normalized spacial score (nSPS) is 11.8. The van der Waals surface area contributed by atoms with Crippen molar-refractivity contribution in [2.75, 3.05) is 10.3 Å². The number of rotatable bonds is 7. The molecule has 0 saturated heterocycles. The molecular weight excluding hydrogens is 344 g/mol. The van der Waals surface area contributed by atoms with E-state index in [-0.39, 0.29) is 23.8 Å². The fourth-order valence-corrected chi connectivity index (χ4v) is 2.64. The van der Waals surface area contributed by atoms with Gasteiger partial charge in [-0.1, -0.05) is 18.2 Å². The molecule has 2 heterocycles. The van der Waals surface area contributed by atoms with Gasteiger partial charge in [-0.25, -0.2) is 10.8 Å². The molecule has 0 aliphatic heterocycles. The van der Waals surface area contributed by atoms with E-state index in [4.69, 9.17) is 11.6 Å². The summed E-state index contributed by atoms with van der Waals surface area (Å²) in [5, 5.41) is 5.41. The first-order valence-electron chi connectivity index (χ1n) is 8.40. The number of benzene rings is 1. The number of nitrogens with zero attached hydrogens (tertiary/aromatic N) is 3. The van der Waals surface area contributed by atoms with Crippen LogP contribution in [0.4, 0.5) is 17.3 Å². The number of nitrogens with two attached hydrogens (primary N) is 2. The molecule has 1 amide bonds. The van der Waals surface area contributed by atoms with Crippen molar-refractivity contribution in [1.29, 1.82) is 0 Å². The van der Waals surface area contributed by atoms with Crippen LogP contribution in [0.2, 0.25) is 0 Å². The number of para-hydroxylation sites is 1. The van der Waals surface area contributed by atoms with E-state index < -0.39 is 5.91 Å². The van der Waals surface area contributed by atoms with Crippen molar-refractivity contribution in [1.82, 2.24) is 9.97 Å². The van der Waals surface area contributed by atoms with Crippen LogP contribution >= 0.6 is 0 Å². The third-order valence-electron chi connectivity index (χ3n) is 4.18. The van der Waals surface area contributed by atoms with E-state index in [0.717, 1.165) is 17.2 Å². The summed E-state index contributed by atoms with van der Waals surface area (Å²) >= 11 is 0. The molecule has 27 heavy (non-hydrogen) atoms. The Kier molecular flexibility index (Phi) is 5.28. The quantitative estimate of drug-likeness (QED) is 0.333. The molecule has 0 fully saturated rings. The topological polar surface area (TPSA) is 127 Å². The van der Waals surface area contributed by atoms with Crippen molar-refractivity contribution in [2.24, 2.45) is 11.6 Å². The van der Waals surface area contributed by atoms with Crippen LogP contribution in [0, 0.1) is 0 Å². The van der Waals surface area contributed by atoms with Crippen molar-refractivity contribution >= 4 is 40.4 Å². The average Bonchev–Trinajstić information content (AvgIpc) is 2.67. The standard InChI is InChI=1S/C19H20N6O2/c1-12(8-9-26)25(21)17-7-6-15(18(20)27)19(24-17)23-14-10-13-4-2-3-5-16(13)22-11-14/h2-7,9-12H,8,21H2,1H3,(H2,20,27)(H,23,24)/t12-/m1/s1. The van der Waals surface area contributed by atoms with Gasteiger partial charge in [0.25, 0.3) is 5.91 Å². The van der Waals surface area contributed by atoms with E-state index >= 15 is 0 Å². The van der Waals surface area contributed by atoms with E-state index in [0.29, 0.717) is 11.5 Å². The van der Waals surface area contributed by atoms with Crippen LogP contribution in [-0.2, 0) is 4.79 Å². The zero-order valence-electron chi connectivity index (χ0n) is 14.8. The van der Waals surface area contributed by atoms with Crippen LogP contribution < -0.4 is 21.9 Å². The molecular formula is C19H20N6O2. The molecule has 0 saturated carbocycles. The maximum atomic E-state index is 11.8. The summed E-state index contributed by atoms with van der Waals surface area (Å²) in [6.07, 6.45) is 2.70. The number of hydrazine groups is 1. The Balaban J connectivity index is 1.96. The first-order valence-corrected chi connectivity index (χ1v) is 8.40. The van der Waals surface area contributed by atoms with Crippen molar-refractivity contribution in [3.63, 3.8) is 0 Å². The van der Waals surface area contributed by atoms with E-state index in [1.807, 2.05) is 30.3 Å². The minimum Gasteiger partial charge on any atom is -0.365 e. The summed E-state index contributed by atoms with van der Waals surface area (Å²) in [5.74, 6) is 6.10. The lowest BCUT2D eigenvalue weighted by Crippen LogP contribution is -2.40. The van der Waals surface area contributed by atoms with Crippen LogP contribution in [0.5, 0.6) is 0 Å². The smallest absolute Gasteiger partial charge is 0.252 e. The number of aldehydes is 1. The van der Waals surface area contributed by atoms with Gasteiger partial charge in [-0.3, -0.25) is 14.8 Å². The van der Waals surface area contributed by atoms with Crippen molar-refractivity contribution in [3.05, 3.63) is 54.2 Å². The molecule has 0 spiro atoms. The lowest BCUT2D eigenvalue weighted by Gasteiger charge is -2.24. The van der Waals surface area contributed by atoms with E-state index in [1.54, 1.807) is 25.3 Å². The molecule has 1 aromatic carbocycles. The molecule has 8 heteroatoms. The maximum absolute atomic E-state index is 11.8. The Bertz CT molecular complexity index is 991. The molecule has 1 atom stereocenters. The number of anilines is 3. The highest BCUT2D eigenvalue weighted by Gasteiger charge is 2.16. The van der Waals surface area contributed by atoms with Gasteiger partial charge in [0.15, 0.2) is 0 Å². The molecule has 138 valence electrons. The van der Waals surface area contributed by atoms with Gasteiger partial charge >= 0.3 is 0 Å². The number of carbonyl (C=O) groups is 2. The van der Waals surface area contributed by atoms with Crippen molar-refractivity contribution in [3.8, 4) is 0 Å². The fourth-order valence-electron chi connectivity index (χ4n) is 2.64. The van der Waals surface area contributed by atoms with E-state index in [1.165, 1.54) is 5.01 Å². The lowest BCUT2D eigenvalue weighted by molar-refractivity contribution is -0.108. The Morgan fingerprint density at radius 1 is 1.30 bits per heavy atom. The minimum absolute atomic E-state index is 0.225. The second-order valence-corrected chi connectivity index (χ2v) is 6.13. The molecule has 0 aliphatic rings. The summed E-state index contributed by atoms with van der Waals surface area (Å²) in [4.78, 5) is 31.3.